The third kappa shape index (κ3) is 4.47. The molecule has 1 aliphatic rings. The van der Waals surface area contributed by atoms with Gasteiger partial charge in [0, 0.05) is 18.3 Å². The number of nitrogens with zero attached hydrogens (tertiary/aromatic N) is 2. The third-order valence-corrected chi connectivity index (χ3v) is 8.51. The van der Waals surface area contributed by atoms with Crippen molar-refractivity contribution in [2.45, 2.75) is 6.54 Å². The summed E-state index contributed by atoms with van der Waals surface area (Å²) in [6.45, 7) is -0.240. The van der Waals surface area contributed by atoms with Crippen LogP contribution in [-0.4, -0.2) is 59.5 Å². The van der Waals surface area contributed by atoms with E-state index in [1.54, 1.807) is 30.3 Å². The van der Waals surface area contributed by atoms with Crippen molar-refractivity contribution >= 4 is 31.7 Å². The van der Waals surface area contributed by atoms with Gasteiger partial charge in [0.05, 0.1) is 24.9 Å². The van der Waals surface area contributed by atoms with Gasteiger partial charge in [-0.15, -0.1) is 0 Å². The number of ether oxygens (including phenoxy) is 1. The molecule has 156 valence electrons. The van der Waals surface area contributed by atoms with Crippen LogP contribution in [0.2, 0.25) is 0 Å². The monoisotopic (exact) mass is 440 g/mol. The number of para-hydroxylation sites is 1. The maximum atomic E-state index is 13.3. The molecule has 3 rings (SSSR count). The van der Waals surface area contributed by atoms with Crippen molar-refractivity contribution in [2.24, 2.45) is 0 Å². The average molecular weight is 441 g/mol. The normalized spacial score (nSPS) is 18.1. The number of carbonyl (C=O) groups is 1. The lowest BCUT2D eigenvalue weighted by Gasteiger charge is -2.38. The molecule has 0 atom stereocenters. The van der Waals surface area contributed by atoms with Gasteiger partial charge in [-0.3, -0.25) is 4.98 Å². The molecule has 1 N–H and O–H groups in total. The van der Waals surface area contributed by atoms with Gasteiger partial charge in [0.2, 0.25) is 0 Å². The van der Waals surface area contributed by atoms with Gasteiger partial charge in [-0.25, -0.2) is 13.2 Å². The number of pyridine rings is 1. The molecule has 1 aliphatic heterocycles. The summed E-state index contributed by atoms with van der Waals surface area (Å²) in [6, 6.07) is 11.6. The second-order valence-electron chi connectivity index (χ2n) is 6.65. The number of quaternary nitrogens is 1. The fraction of sp³-hybridized carbons (Fsp3) is 0.333. The van der Waals surface area contributed by atoms with Crippen LogP contribution in [0, 0.1) is 0 Å². The van der Waals surface area contributed by atoms with Crippen molar-refractivity contribution in [3.8, 4) is 0 Å². The number of nitrogens with one attached hydrogen (secondary N) is 1. The molecule has 1 aromatic carbocycles. The van der Waals surface area contributed by atoms with Crippen LogP contribution in [0.3, 0.4) is 0 Å². The van der Waals surface area contributed by atoms with E-state index in [2.05, 4.69) is 14.4 Å². The van der Waals surface area contributed by atoms with Gasteiger partial charge in [0.15, 0.2) is 9.84 Å². The number of aromatic nitrogens is 1. The zero-order valence-corrected chi connectivity index (χ0v) is 17.4. The molecular formula is C18H22N3O6S2+. The van der Waals surface area contributed by atoms with E-state index in [9.17, 15) is 21.6 Å². The average Bonchev–Trinajstić information content (AvgIpc) is 2.73. The summed E-state index contributed by atoms with van der Waals surface area (Å²) < 4.78 is 57.0. The fourth-order valence-electron chi connectivity index (χ4n) is 3.18. The maximum absolute atomic E-state index is 13.3. The molecule has 0 bridgehead atoms. The van der Waals surface area contributed by atoms with Crippen molar-refractivity contribution < 1.29 is 26.4 Å². The molecule has 0 radical (unpaired) electrons. The van der Waals surface area contributed by atoms with Gasteiger partial charge >= 0.3 is 16.2 Å². The smallest absolute Gasteiger partial charge is 0.375 e. The molecule has 29 heavy (non-hydrogen) atoms. The van der Waals surface area contributed by atoms with Crippen LogP contribution in [0.1, 0.15) is 16.1 Å². The highest BCUT2D eigenvalue weighted by Gasteiger charge is 2.48. The minimum atomic E-state index is -3.99. The number of sulfone groups is 1. The number of hydrogen-bond donors (Lipinski definition) is 1. The van der Waals surface area contributed by atoms with Crippen LogP contribution < -0.4 is 8.61 Å². The van der Waals surface area contributed by atoms with Crippen LogP contribution in [0.15, 0.2) is 48.7 Å². The first-order valence-corrected chi connectivity index (χ1v) is 12.1. The van der Waals surface area contributed by atoms with Gasteiger partial charge < -0.3 is 4.74 Å². The Kier molecular flexibility index (Phi) is 6.03. The first-order valence-electron chi connectivity index (χ1n) is 8.85. The molecule has 0 amide bonds. The van der Waals surface area contributed by atoms with Crippen LogP contribution in [0.5, 0.6) is 0 Å². The Bertz CT molecular complexity index is 1070. The first-order chi connectivity index (χ1) is 13.7. The lowest BCUT2D eigenvalue weighted by molar-refractivity contribution is 0.0600. The molecule has 1 fully saturated rings. The molecule has 11 heteroatoms. The summed E-state index contributed by atoms with van der Waals surface area (Å²) in [5.74, 6) is -0.961. The van der Waals surface area contributed by atoms with E-state index < -0.39 is 29.9 Å². The minimum absolute atomic E-state index is 0.0730. The van der Waals surface area contributed by atoms with Crippen LogP contribution in [0.25, 0.3) is 0 Å². The summed E-state index contributed by atoms with van der Waals surface area (Å²) in [7, 11) is -6.00. The van der Waals surface area contributed by atoms with E-state index in [0.29, 0.717) is 11.4 Å². The lowest BCUT2D eigenvalue weighted by atomic mass is 10.2. The van der Waals surface area contributed by atoms with E-state index >= 15 is 0 Å². The van der Waals surface area contributed by atoms with Gasteiger partial charge in [0.25, 0.3) is 0 Å². The summed E-state index contributed by atoms with van der Waals surface area (Å²) >= 11 is 0. The molecule has 0 saturated carbocycles. The molecule has 1 saturated heterocycles. The second kappa shape index (κ2) is 8.19. The van der Waals surface area contributed by atoms with Crippen molar-refractivity contribution in [1.82, 2.24) is 13.6 Å². The number of methoxy groups -OCH3 is 1. The second-order valence-corrected chi connectivity index (χ2v) is 10.9. The molecule has 2 aromatic rings. The predicted molar refractivity (Wildman–Crippen MR) is 108 cm³/mol. The highest BCUT2D eigenvalue weighted by Crippen LogP contribution is 2.30. The van der Waals surface area contributed by atoms with Gasteiger partial charge in [0.1, 0.15) is 30.3 Å². The maximum Gasteiger partial charge on any atom is 0.375 e. The molecule has 2 heterocycles. The molecule has 0 spiro atoms. The third-order valence-electron chi connectivity index (χ3n) is 4.90. The van der Waals surface area contributed by atoms with E-state index in [1.165, 1.54) is 25.4 Å². The number of hydrogen-bond acceptors (Lipinski definition) is 7. The molecule has 9 nitrogen and oxygen atoms in total. The van der Waals surface area contributed by atoms with Gasteiger partial charge in [-0.05, 0) is 12.1 Å². The number of carbonyl (C=O) groups excluding carboxylic acids is 1. The summed E-state index contributed by atoms with van der Waals surface area (Å²) in [5, 5.41) is 0. The highest BCUT2D eigenvalue weighted by atomic mass is 32.2. The Hall–Kier alpha value is -2.34. The largest absolute Gasteiger partial charge is 0.465 e. The minimum Gasteiger partial charge on any atom is -0.465 e. The standard InChI is InChI=1S/C18H22N3O6S2/c1-27-18(22)15-7-8-16(19-13-15)14-20-29(25,26)21(17-5-3-2-4-6-17)9-11-28(23,24)12-10-21/h2-8,13,20H,9-12,14H2,1H3/q+1. The predicted octanol–water partition coefficient (Wildman–Crippen LogP) is 0.639. The first kappa shape index (κ1) is 21.4. The molecular weight excluding hydrogens is 418 g/mol. The van der Waals surface area contributed by atoms with Crippen LogP contribution >= 0.6 is 0 Å². The van der Waals surface area contributed by atoms with Gasteiger partial charge in [-0.1, -0.05) is 18.2 Å². The van der Waals surface area contributed by atoms with Crippen molar-refractivity contribution in [2.75, 3.05) is 31.7 Å². The Morgan fingerprint density at radius 2 is 1.79 bits per heavy atom. The topological polar surface area (TPSA) is 119 Å². The van der Waals surface area contributed by atoms with Crippen LogP contribution in [-0.2, 0) is 31.3 Å². The number of benzene rings is 1. The van der Waals surface area contributed by atoms with E-state index in [4.69, 9.17) is 0 Å². The van der Waals surface area contributed by atoms with Crippen molar-refractivity contribution in [1.29, 1.82) is 0 Å². The number of esters is 1. The summed E-state index contributed by atoms with van der Waals surface area (Å²) in [4.78, 5) is 15.6. The molecule has 0 unspecified atom stereocenters. The Labute approximate surface area is 170 Å². The SMILES string of the molecule is COC(=O)c1ccc(CNS(=O)(=O)[N+]2(c3ccccc3)CCS(=O)(=O)CC2)nc1. The molecule has 0 aliphatic carbocycles. The highest BCUT2D eigenvalue weighted by molar-refractivity contribution is 7.92. The summed E-state index contributed by atoms with van der Waals surface area (Å²) in [5.41, 5.74) is 1.18. The zero-order valence-electron chi connectivity index (χ0n) is 15.8. The van der Waals surface area contributed by atoms with E-state index in [0.717, 1.165) is 0 Å². The quantitative estimate of drug-likeness (QED) is 0.517. The zero-order chi connectivity index (χ0) is 21.1. The van der Waals surface area contributed by atoms with Crippen molar-refractivity contribution in [3.63, 3.8) is 0 Å². The fourth-order valence-corrected chi connectivity index (χ4v) is 6.44. The summed E-state index contributed by atoms with van der Waals surface area (Å²) in [6.07, 6.45) is 1.31. The van der Waals surface area contributed by atoms with Crippen molar-refractivity contribution in [3.05, 3.63) is 59.9 Å². The Morgan fingerprint density at radius 3 is 2.34 bits per heavy atom. The lowest BCUT2D eigenvalue weighted by Crippen LogP contribution is -2.64. The van der Waals surface area contributed by atoms with Crippen LogP contribution in [0.4, 0.5) is 5.69 Å². The van der Waals surface area contributed by atoms with E-state index in [-0.39, 0.29) is 36.7 Å². The van der Waals surface area contributed by atoms with E-state index in [1.807, 2.05) is 0 Å². The Balaban J connectivity index is 1.85. The van der Waals surface area contributed by atoms with Gasteiger partial charge in [-0.2, -0.15) is 17.0 Å². The Morgan fingerprint density at radius 1 is 1.14 bits per heavy atom. The number of rotatable bonds is 6. The molecule has 1 aromatic heterocycles.